The number of ketones is 1. The maximum absolute atomic E-state index is 13.2. The molecule has 0 aliphatic carbocycles. The number of pyridine rings is 3. The van der Waals surface area contributed by atoms with Crippen LogP contribution in [0.4, 0.5) is 0 Å². The van der Waals surface area contributed by atoms with Gasteiger partial charge in [-0.2, -0.15) is 5.10 Å². The van der Waals surface area contributed by atoms with Crippen LogP contribution < -0.4 is 0 Å². The Kier molecular flexibility index (Phi) is 5.89. The minimum atomic E-state index is -0.0825. The fourth-order valence-corrected chi connectivity index (χ4v) is 4.41. The van der Waals surface area contributed by atoms with Crippen molar-refractivity contribution in [3.05, 3.63) is 54.1 Å². The van der Waals surface area contributed by atoms with Crippen molar-refractivity contribution in [1.29, 1.82) is 0 Å². The lowest BCUT2D eigenvalue weighted by molar-refractivity contribution is -0.118. The van der Waals surface area contributed by atoms with Crippen LogP contribution >= 0.6 is 0 Å². The van der Waals surface area contributed by atoms with Crippen LogP contribution in [-0.2, 0) is 16.0 Å². The maximum Gasteiger partial charge on any atom is 0.256 e. The summed E-state index contributed by atoms with van der Waals surface area (Å²) in [6.07, 6.45) is 5.90. The second-order valence-corrected chi connectivity index (χ2v) is 8.85. The van der Waals surface area contributed by atoms with Crippen molar-refractivity contribution in [2.75, 3.05) is 26.3 Å². The van der Waals surface area contributed by atoms with E-state index >= 15 is 0 Å². The number of H-pyrrole nitrogens is 2. The van der Waals surface area contributed by atoms with Gasteiger partial charge in [0.05, 0.1) is 29.7 Å². The molecule has 6 heterocycles. The first-order valence-corrected chi connectivity index (χ1v) is 12.1. The molecule has 1 aliphatic rings. The Balaban J connectivity index is 1.35. The van der Waals surface area contributed by atoms with Crippen molar-refractivity contribution in [3.8, 4) is 22.6 Å². The number of ether oxygens (including phenoxy) is 1. The van der Waals surface area contributed by atoms with Gasteiger partial charge in [-0.3, -0.25) is 19.7 Å². The van der Waals surface area contributed by atoms with Crippen LogP contribution in [0.5, 0.6) is 0 Å². The number of fused-ring (bicyclic) bond motifs is 2. The third kappa shape index (κ3) is 4.33. The summed E-state index contributed by atoms with van der Waals surface area (Å²) in [5, 5.41) is 8.11. The molecule has 1 fully saturated rings. The molecule has 37 heavy (non-hydrogen) atoms. The van der Waals surface area contributed by atoms with E-state index in [2.05, 4.69) is 35.1 Å². The summed E-state index contributed by atoms with van der Waals surface area (Å²) >= 11 is 0. The standard InChI is InChI=1S/C26H24N8O3/c1-2-18(35)12-17-4-3-15(13-28-17)16-11-20-22(32-33-23(20)29-14-16)25-30-21-19(5-6-27-24(21)31-25)26(36)34-7-9-37-10-8-34/h3-6,11,13-14H,2,7-10,12H2,1H3,(H,27,30,31)(H,29,32,33). The summed E-state index contributed by atoms with van der Waals surface area (Å²) in [5.41, 5.74) is 5.18. The molecule has 0 spiro atoms. The van der Waals surface area contributed by atoms with Crippen LogP contribution in [0.25, 0.3) is 44.8 Å². The SMILES string of the molecule is CCC(=O)Cc1ccc(-c2cnc3n[nH]c(-c4nc5nccc(C(=O)N6CCOCC6)c5[nH]4)c3c2)cn1. The number of morpholine rings is 1. The molecule has 1 aliphatic heterocycles. The summed E-state index contributed by atoms with van der Waals surface area (Å²) in [6.45, 7) is 4.00. The van der Waals surface area contributed by atoms with E-state index in [0.717, 1.165) is 22.2 Å². The third-order valence-corrected chi connectivity index (χ3v) is 6.50. The molecular weight excluding hydrogens is 472 g/mol. The number of hydrogen-bond acceptors (Lipinski definition) is 8. The summed E-state index contributed by atoms with van der Waals surface area (Å²) in [6, 6.07) is 7.47. The van der Waals surface area contributed by atoms with Gasteiger partial charge in [0.1, 0.15) is 11.5 Å². The van der Waals surface area contributed by atoms with Gasteiger partial charge in [0.15, 0.2) is 17.1 Å². The van der Waals surface area contributed by atoms with Crippen molar-refractivity contribution in [1.82, 2.24) is 40.0 Å². The summed E-state index contributed by atoms with van der Waals surface area (Å²) in [5.74, 6) is 0.583. The second-order valence-electron chi connectivity index (χ2n) is 8.85. The smallest absolute Gasteiger partial charge is 0.256 e. The Labute approximate surface area is 211 Å². The Morgan fingerprint density at radius 2 is 1.86 bits per heavy atom. The topological polar surface area (TPSA) is 143 Å². The quantitative estimate of drug-likeness (QED) is 0.365. The normalized spacial score (nSPS) is 13.9. The number of Topliss-reactive ketones (excluding diaryl/α,β-unsaturated/α-hetero) is 1. The maximum atomic E-state index is 13.2. The minimum Gasteiger partial charge on any atom is -0.378 e. The number of imidazole rings is 1. The molecule has 0 unspecified atom stereocenters. The lowest BCUT2D eigenvalue weighted by Crippen LogP contribution is -2.40. The molecule has 186 valence electrons. The summed E-state index contributed by atoms with van der Waals surface area (Å²) in [4.78, 5) is 47.9. The number of rotatable bonds is 6. The lowest BCUT2D eigenvalue weighted by atomic mass is 10.1. The number of aromatic nitrogens is 7. The van der Waals surface area contributed by atoms with Gasteiger partial charge in [0.25, 0.3) is 5.91 Å². The molecule has 0 radical (unpaired) electrons. The number of carbonyl (C=O) groups excluding carboxylic acids is 2. The number of nitrogens with zero attached hydrogens (tertiary/aromatic N) is 6. The molecule has 0 aromatic carbocycles. The van der Waals surface area contributed by atoms with Gasteiger partial charge >= 0.3 is 0 Å². The van der Waals surface area contributed by atoms with E-state index in [4.69, 9.17) is 4.74 Å². The van der Waals surface area contributed by atoms with Gasteiger partial charge in [-0.1, -0.05) is 13.0 Å². The Morgan fingerprint density at radius 1 is 1.03 bits per heavy atom. The van der Waals surface area contributed by atoms with Crippen LogP contribution in [0.2, 0.25) is 0 Å². The second kappa shape index (κ2) is 9.51. The first-order valence-electron chi connectivity index (χ1n) is 12.1. The predicted octanol–water partition coefficient (Wildman–Crippen LogP) is 2.95. The molecule has 1 amide bonds. The summed E-state index contributed by atoms with van der Waals surface area (Å²) in [7, 11) is 0. The van der Waals surface area contributed by atoms with Crippen molar-refractivity contribution >= 4 is 33.9 Å². The van der Waals surface area contributed by atoms with Crippen LogP contribution in [0.3, 0.4) is 0 Å². The lowest BCUT2D eigenvalue weighted by Gasteiger charge is -2.26. The third-order valence-electron chi connectivity index (χ3n) is 6.50. The van der Waals surface area contributed by atoms with E-state index in [9.17, 15) is 9.59 Å². The van der Waals surface area contributed by atoms with E-state index in [-0.39, 0.29) is 11.7 Å². The average Bonchev–Trinajstić information content (AvgIpc) is 3.57. The van der Waals surface area contributed by atoms with Crippen LogP contribution in [0, 0.1) is 0 Å². The van der Waals surface area contributed by atoms with E-state index < -0.39 is 0 Å². The van der Waals surface area contributed by atoms with E-state index in [0.29, 0.717) is 73.0 Å². The minimum absolute atomic E-state index is 0.0825. The van der Waals surface area contributed by atoms with Gasteiger partial charge < -0.3 is 14.6 Å². The van der Waals surface area contributed by atoms with Crippen molar-refractivity contribution in [3.63, 3.8) is 0 Å². The Morgan fingerprint density at radius 3 is 2.65 bits per heavy atom. The van der Waals surface area contributed by atoms with E-state index in [1.807, 2.05) is 25.1 Å². The highest BCUT2D eigenvalue weighted by Gasteiger charge is 2.23. The van der Waals surface area contributed by atoms with Crippen molar-refractivity contribution < 1.29 is 14.3 Å². The molecule has 2 N–H and O–H groups in total. The van der Waals surface area contributed by atoms with Crippen LogP contribution in [-0.4, -0.2) is 78.0 Å². The molecule has 11 nitrogen and oxygen atoms in total. The fraction of sp³-hybridized carbons (Fsp3) is 0.269. The molecule has 11 heteroatoms. The van der Waals surface area contributed by atoms with Gasteiger partial charge in [-0.15, -0.1) is 0 Å². The van der Waals surface area contributed by atoms with E-state index in [1.165, 1.54) is 0 Å². The Hall–Kier alpha value is -4.51. The van der Waals surface area contributed by atoms with Crippen LogP contribution in [0.15, 0.2) is 42.9 Å². The zero-order valence-corrected chi connectivity index (χ0v) is 20.2. The number of hydrogen-bond donors (Lipinski definition) is 2. The number of carbonyl (C=O) groups is 2. The number of nitrogens with one attached hydrogen (secondary N) is 2. The van der Waals surface area contributed by atoms with Crippen molar-refractivity contribution in [2.45, 2.75) is 19.8 Å². The molecule has 0 bridgehead atoms. The highest BCUT2D eigenvalue weighted by molar-refractivity contribution is 6.05. The molecular formula is C26H24N8O3. The zero-order chi connectivity index (χ0) is 25.4. The highest BCUT2D eigenvalue weighted by Crippen LogP contribution is 2.29. The molecule has 0 saturated carbocycles. The molecule has 1 saturated heterocycles. The predicted molar refractivity (Wildman–Crippen MR) is 136 cm³/mol. The number of amides is 1. The van der Waals surface area contributed by atoms with Gasteiger partial charge in [-0.25, -0.2) is 15.0 Å². The highest BCUT2D eigenvalue weighted by atomic mass is 16.5. The average molecular weight is 497 g/mol. The van der Waals surface area contributed by atoms with E-state index in [1.54, 1.807) is 29.6 Å². The van der Waals surface area contributed by atoms with Crippen LogP contribution in [0.1, 0.15) is 29.4 Å². The first kappa shape index (κ1) is 22.9. The Bertz CT molecular complexity index is 1620. The monoisotopic (exact) mass is 496 g/mol. The summed E-state index contributed by atoms with van der Waals surface area (Å²) < 4.78 is 5.37. The van der Waals surface area contributed by atoms with Gasteiger partial charge in [0.2, 0.25) is 0 Å². The van der Waals surface area contributed by atoms with Gasteiger partial charge in [0, 0.05) is 61.3 Å². The van der Waals surface area contributed by atoms with Gasteiger partial charge in [-0.05, 0) is 18.2 Å². The first-order chi connectivity index (χ1) is 18.1. The largest absolute Gasteiger partial charge is 0.378 e. The molecule has 0 atom stereocenters. The molecule has 5 aromatic heterocycles. The number of aromatic amines is 2. The fourth-order valence-electron chi connectivity index (χ4n) is 4.41. The molecule has 6 rings (SSSR count). The molecule has 5 aromatic rings. The van der Waals surface area contributed by atoms with Crippen molar-refractivity contribution in [2.24, 2.45) is 0 Å². The zero-order valence-electron chi connectivity index (χ0n) is 20.2.